The van der Waals surface area contributed by atoms with Crippen LogP contribution in [0.25, 0.3) is 32.5 Å². The lowest BCUT2D eigenvalue weighted by atomic mass is 9.86. The van der Waals surface area contributed by atoms with Gasteiger partial charge in [-0.25, -0.2) is 9.59 Å². The van der Waals surface area contributed by atoms with E-state index >= 15 is 0 Å². The smallest absolute Gasteiger partial charge is 0.344 e. The maximum absolute atomic E-state index is 12.3. The van der Waals surface area contributed by atoms with Crippen LogP contribution in [0.2, 0.25) is 0 Å². The molecule has 0 amide bonds. The Kier molecular flexibility index (Phi) is 2.70. The van der Waals surface area contributed by atoms with Crippen LogP contribution in [-0.4, -0.2) is 16.2 Å². The van der Waals surface area contributed by atoms with Gasteiger partial charge in [-0.1, -0.05) is 0 Å². The van der Waals surface area contributed by atoms with Gasteiger partial charge in [0.1, 0.15) is 11.3 Å². The van der Waals surface area contributed by atoms with Gasteiger partial charge in [0.25, 0.3) is 0 Å². The average Bonchev–Trinajstić information content (AvgIpc) is 2.53. The SMILES string of the molecule is Cc1c(C)c2c(C)c(O)cc3c(=O)oc4ccc(C(=O)O)c1c4c23. The van der Waals surface area contributed by atoms with Crippen LogP contribution in [0.3, 0.4) is 0 Å². The fraction of sp³-hybridized carbons (Fsp3) is 0.158. The molecule has 0 saturated carbocycles. The van der Waals surface area contributed by atoms with E-state index < -0.39 is 11.6 Å². The van der Waals surface area contributed by atoms with Crippen molar-refractivity contribution in [2.24, 2.45) is 0 Å². The Morgan fingerprint density at radius 3 is 2.29 bits per heavy atom. The fourth-order valence-corrected chi connectivity index (χ4v) is 3.67. The van der Waals surface area contributed by atoms with Gasteiger partial charge in [0.2, 0.25) is 0 Å². The molecule has 0 radical (unpaired) electrons. The van der Waals surface area contributed by atoms with E-state index in [2.05, 4.69) is 0 Å². The Bertz CT molecular complexity index is 1230. The molecule has 2 N–H and O–H groups in total. The van der Waals surface area contributed by atoms with E-state index in [1.165, 1.54) is 18.2 Å². The van der Waals surface area contributed by atoms with Crippen molar-refractivity contribution in [1.29, 1.82) is 0 Å². The number of phenolic OH excluding ortho intramolecular Hbond substituents is 1. The third-order valence-electron chi connectivity index (χ3n) is 4.94. The molecule has 0 saturated heterocycles. The van der Waals surface area contributed by atoms with E-state index in [-0.39, 0.29) is 16.7 Å². The summed E-state index contributed by atoms with van der Waals surface area (Å²) in [7, 11) is 0. The maximum atomic E-state index is 12.3. The predicted octanol–water partition coefficient (Wildman–Crippen LogP) is 3.87. The summed E-state index contributed by atoms with van der Waals surface area (Å²) >= 11 is 0. The lowest BCUT2D eigenvalue weighted by Crippen LogP contribution is -2.06. The standard InChI is InChI=1S/C19H14O5/c1-7-8(2)15-10(18(21)22)4-5-13-17(15)16-11(19(23)24-13)6-12(20)9(3)14(7)16/h4-6,20H,1-3H3,(H,21,22). The van der Waals surface area contributed by atoms with E-state index in [0.717, 1.165) is 16.5 Å². The number of aryl methyl sites for hydroxylation is 3. The second-order valence-corrected chi connectivity index (χ2v) is 6.12. The number of benzene rings is 3. The van der Waals surface area contributed by atoms with Crippen LogP contribution >= 0.6 is 0 Å². The molecular formula is C19H14O5. The molecule has 0 spiro atoms. The summed E-state index contributed by atoms with van der Waals surface area (Å²) in [5.74, 6) is -1.01. The zero-order valence-corrected chi connectivity index (χ0v) is 13.4. The maximum Gasteiger partial charge on any atom is 0.344 e. The van der Waals surface area contributed by atoms with Gasteiger partial charge in [-0.3, -0.25) is 0 Å². The molecule has 0 bridgehead atoms. The van der Waals surface area contributed by atoms with Crippen molar-refractivity contribution in [2.45, 2.75) is 20.8 Å². The highest BCUT2D eigenvalue weighted by molar-refractivity contribution is 6.27. The zero-order chi connectivity index (χ0) is 17.3. The molecule has 0 aliphatic rings. The second-order valence-electron chi connectivity index (χ2n) is 6.12. The number of aromatic carboxylic acids is 1. The number of phenols is 1. The predicted molar refractivity (Wildman–Crippen MR) is 91.5 cm³/mol. The molecule has 1 heterocycles. The molecule has 4 rings (SSSR count). The van der Waals surface area contributed by atoms with E-state index in [9.17, 15) is 19.8 Å². The number of hydrogen-bond acceptors (Lipinski definition) is 4. The van der Waals surface area contributed by atoms with Gasteiger partial charge >= 0.3 is 11.6 Å². The third kappa shape index (κ3) is 1.58. The number of rotatable bonds is 1. The van der Waals surface area contributed by atoms with Crippen LogP contribution in [0.5, 0.6) is 5.75 Å². The lowest BCUT2D eigenvalue weighted by molar-refractivity contribution is 0.0699. The minimum absolute atomic E-state index is 0.0224. The molecule has 24 heavy (non-hydrogen) atoms. The number of carboxylic acid groups (broad SMARTS) is 1. The van der Waals surface area contributed by atoms with Crippen molar-refractivity contribution >= 4 is 38.5 Å². The molecule has 4 aromatic rings. The summed E-state index contributed by atoms with van der Waals surface area (Å²) in [6, 6.07) is 4.37. The molecule has 5 heteroatoms. The minimum Gasteiger partial charge on any atom is -0.508 e. The summed E-state index contributed by atoms with van der Waals surface area (Å²) in [6.07, 6.45) is 0. The summed E-state index contributed by atoms with van der Waals surface area (Å²) in [6.45, 7) is 5.51. The molecule has 0 unspecified atom stereocenters. The van der Waals surface area contributed by atoms with Crippen molar-refractivity contribution in [1.82, 2.24) is 0 Å². The van der Waals surface area contributed by atoms with E-state index in [4.69, 9.17) is 4.42 Å². The first-order valence-electron chi connectivity index (χ1n) is 7.50. The third-order valence-corrected chi connectivity index (χ3v) is 4.94. The number of aromatic hydroxyl groups is 1. The van der Waals surface area contributed by atoms with Crippen LogP contribution in [0.15, 0.2) is 27.4 Å². The van der Waals surface area contributed by atoms with Crippen molar-refractivity contribution in [3.63, 3.8) is 0 Å². The molecular weight excluding hydrogens is 308 g/mol. The normalized spacial score (nSPS) is 11.8. The Hall–Kier alpha value is -3.08. The van der Waals surface area contributed by atoms with Gasteiger partial charge in [-0.2, -0.15) is 0 Å². The summed E-state index contributed by atoms with van der Waals surface area (Å²) in [4.78, 5) is 24.0. The van der Waals surface area contributed by atoms with Crippen molar-refractivity contribution < 1.29 is 19.4 Å². The number of carboxylic acids is 1. The van der Waals surface area contributed by atoms with Crippen LogP contribution in [0, 0.1) is 20.8 Å². The fourth-order valence-electron chi connectivity index (χ4n) is 3.67. The molecule has 5 nitrogen and oxygen atoms in total. The van der Waals surface area contributed by atoms with E-state index in [1.54, 1.807) is 6.92 Å². The number of hydrogen-bond donors (Lipinski definition) is 2. The Morgan fingerprint density at radius 2 is 1.62 bits per heavy atom. The molecule has 3 aromatic carbocycles. The number of carbonyl (C=O) groups is 1. The van der Waals surface area contributed by atoms with Crippen LogP contribution in [0.1, 0.15) is 27.0 Å². The molecule has 120 valence electrons. The summed E-state index contributed by atoms with van der Waals surface area (Å²) in [5, 5.41) is 22.6. The summed E-state index contributed by atoms with van der Waals surface area (Å²) in [5.41, 5.74) is 2.29. The van der Waals surface area contributed by atoms with Crippen LogP contribution < -0.4 is 5.63 Å². The van der Waals surface area contributed by atoms with Gasteiger partial charge in [-0.15, -0.1) is 0 Å². The van der Waals surface area contributed by atoms with Crippen molar-refractivity contribution in [3.8, 4) is 5.75 Å². The first-order chi connectivity index (χ1) is 11.3. The average molecular weight is 322 g/mol. The molecule has 0 aliphatic heterocycles. The highest BCUT2D eigenvalue weighted by Crippen LogP contribution is 2.42. The van der Waals surface area contributed by atoms with Gasteiger partial charge < -0.3 is 14.6 Å². The zero-order valence-electron chi connectivity index (χ0n) is 13.4. The largest absolute Gasteiger partial charge is 0.508 e. The molecule has 1 aromatic heterocycles. The molecule has 0 aliphatic carbocycles. The van der Waals surface area contributed by atoms with E-state index in [0.29, 0.717) is 27.3 Å². The first-order valence-corrected chi connectivity index (χ1v) is 7.50. The Morgan fingerprint density at radius 1 is 0.958 bits per heavy atom. The van der Waals surface area contributed by atoms with Gasteiger partial charge in [-0.05, 0) is 61.0 Å². The molecule has 0 atom stereocenters. The van der Waals surface area contributed by atoms with Crippen molar-refractivity contribution in [3.05, 3.63) is 50.9 Å². The topological polar surface area (TPSA) is 87.7 Å². The molecule has 0 fully saturated rings. The van der Waals surface area contributed by atoms with Gasteiger partial charge in [0.15, 0.2) is 0 Å². The Labute approximate surface area is 136 Å². The highest BCUT2D eigenvalue weighted by atomic mass is 16.4. The van der Waals surface area contributed by atoms with Crippen LogP contribution in [-0.2, 0) is 0 Å². The quantitative estimate of drug-likeness (QED) is 0.410. The summed E-state index contributed by atoms with van der Waals surface area (Å²) < 4.78 is 5.38. The highest BCUT2D eigenvalue weighted by Gasteiger charge is 2.23. The van der Waals surface area contributed by atoms with Crippen LogP contribution in [0.4, 0.5) is 0 Å². The van der Waals surface area contributed by atoms with Crippen molar-refractivity contribution in [2.75, 3.05) is 0 Å². The van der Waals surface area contributed by atoms with Gasteiger partial charge in [0, 0.05) is 16.2 Å². The lowest BCUT2D eigenvalue weighted by Gasteiger charge is -2.18. The first kappa shape index (κ1) is 14.5. The Balaban J connectivity index is 2.52. The monoisotopic (exact) mass is 322 g/mol. The van der Waals surface area contributed by atoms with E-state index in [1.807, 2.05) is 13.8 Å². The van der Waals surface area contributed by atoms with Gasteiger partial charge in [0.05, 0.1) is 10.9 Å². The second kappa shape index (κ2) is 4.47. The minimum atomic E-state index is -1.03.